The normalized spacial score (nSPS) is 16.6. The molecule has 2 N–H and O–H groups in total. The Balaban J connectivity index is 1.86. The summed E-state index contributed by atoms with van der Waals surface area (Å²) in [6.07, 6.45) is 4.09. The van der Waals surface area contributed by atoms with Crippen LogP contribution < -0.4 is 5.32 Å². The first-order chi connectivity index (χ1) is 6.34. The zero-order chi connectivity index (χ0) is 9.10. The molecule has 0 radical (unpaired) electrons. The summed E-state index contributed by atoms with van der Waals surface area (Å²) in [6, 6.07) is 7.30. The van der Waals surface area contributed by atoms with Gasteiger partial charge in [-0.1, -0.05) is 12.5 Å². The topological polar surface area (TPSA) is 32.3 Å². The standard InChI is InChI=1S/C11H15NO/c13-11-6-2-5-10(7-11)12-8-9-3-1-4-9/h2,5-7,9,12-13H,1,3-4,8H2. The van der Waals surface area contributed by atoms with E-state index in [1.54, 1.807) is 12.1 Å². The molecule has 1 aliphatic carbocycles. The lowest BCUT2D eigenvalue weighted by Gasteiger charge is -2.25. The van der Waals surface area contributed by atoms with E-state index in [0.717, 1.165) is 18.2 Å². The number of nitrogens with one attached hydrogen (secondary N) is 1. The monoisotopic (exact) mass is 177 g/mol. The molecule has 0 aromatic heterocycles. The van der Waals surface area contributed by atoms with Crippen LogP contribution in [0.5, 0.6) is 5.75 Å². The average molecular weight is 177 g/mol. The van der Waals surface area contributed by atoms with Crippen molar-refractivity contribution < 1.29 is 5.11 Å². The van der Waals surface area contributed by atoms with Crippen LogP contribution in [0.3, 0.4) is 0 Å². The maximum Gasteiger partial charge on any atom is 0.117 e. The van der Waals surface area contributed by atoms with E-state index in [-0.39, 0.29) is 0 Å². The molecule has 13 heavy (non-hydrogen) atoms. The fourth-order valence-corrected chi connectivity index (χ4v) is 1.57. The number of aromatic hydroxyl groups is 1. The van der Waals surface area contributed by atoms with Gasteiger partial charge in [0.05, 0.1) is 0 Å². The van der Waals surface area contributed by atoms with Gasteiger partial charge in [0.2, 0.25) is 0 Å². The van der Waals surface area contributed by atoms with E-state index in [1.165, 1.54) is 19.3 Å². The van der Waals surface area contributed by atoms with E-state index in [0.29, 0.717) is 5.75 Å². The first-order valence-corrected chi connectivity index (χ1v) is 4.87. The van der Waals surface area contributed by atoms with Crippen LogP contribution in [-0.4, -0.2) is 11.7 Å². The smallest absolute Gasteiger partial charge is 0.117 e. The van der Waals surface area contributed by atoms with E-state index in [2.05, 4.69) is 5.32 Å². The minimum atomic E-state index is 0.332. The summed E-state index contributed by atoms with van der Waals surface area (Å²) in [4.78, 5) is 0. The largest absolute Gasteiger partial charge is 0.508 e. The number of benzene rings is 1. The number of anilines is 1. The Labute approximate surface area is 78.6 Å². The SMILES string of the molecule is Oc1cccc(NCC2CCC2)c1. The summed E-state index contributed by atoms with van der Waals surface area (Å²) in [5.74, 6) is 1.18. The molecule has 0 heterocycles. The third-order valence-corrected chi connectivity index (χ3v) is 2.67. The van der Waals surface area contributed by atoms with Gasteiger partial charge < -0.3 is 10.4 Å². The van der Waals surface area contributed by atoms with Gasteiger partial charge in [-0.25, -0.2) is 0 Å². The molecular weight excluding hydrogens is 162 g/mol. The summed E-state index contributed by atoms with van der Waals surface area (Å²) in [5, 5.41) is 12.5. The quantitative estimate of drug-likeness (QED) is 0.743. The van der Waals surface area contributed by atoms with Crippen molar-refractivity contribution in [2.24, 2.45) is 5.92 Å². The molecule has 0 saturated heterocycles. The highest BCUT2D eigenvalue weighted by atomic mass is 16.3. The molecule has 1 saturated carbocycles. The first kappa shape index (κ1) is 8.42. The summed E-state index contributed by atoms with van der Waals surface area (Å²) in [7, 11) is 0. The summed E-state index contributed by atoms with van der Waals surface area (Å²) < 4.78 is 0. The highest BCUT2D eigenvalue weighted by Gasteiger charge is 2.16. The van der Waals surface area contributed by atoms with Crippen molar-refractivity contribution in [1.29, 1.82) is 0 Å². The lowest BCUT2D eigenvalue weighted by Crippen LogP contribution is -2.20. The molecule has 0 atom stereocenters. The molecular formula is C11H15NO. The summed E-state index contributed by atoms with van der Waals surface area (Å²) >= 11 is 0. The lowest BCUT2D eigenvalue weighted by atomic mass is 9.85. The predicted molar refractivity (Wildman–Crippen MR) is 53.9 cm³/mol. The van der Waals surface area contributed by atoms with Crippen molar-refractivity contribution in [1.82, 2.24) is 0 Å². The van der Waals surface area contributed by atoms with Gasteiger partial charge in [-0.3, -0.25) is 0 Å². The van der Waals surface area contributed by atoms with E-state index in [9.17, 15) is 5.11 Å². The average Bonchev–Trinajstić information content (AvgIpc) is 2.01. The Morgan fingerprint density at radius 2 is 2.23 bits per heavy atom. The van der Waals surface area contributed by atoms with E-state index < -0.39 is 0 Å². The highest BCUT2D eigenvalue weighted by Crippen LogP contribution is 2.26. The van der Waals surface area contributed by atoms with Crippen LogP contribution >= 0.6 is 0 Å². The maximum atomic E-state index is 9.21. The van der Waals surface area contributed by atoms with Crippen molar-refractivity contribution >= 4 is 5.69 Å². The Morgan fingerprint density at radius 1 is 1.38 bits per heavy atom. The van der Waals surface area contributed by atoms with E-state index in [4.69, 9.17) is 0 Å². The maximum absolute atomic E-state index is 9.21. The molecule has 1 fully saturated rings. The number of phenolic OH excluding ortho intramolecular Hbond substituents is 1. The van der Waals surface area contributed by atoms with Gasteiger partial charge in [-0.05, 0) is 30.9 Å². The minimum Gasteiger partial charge on any atom is -0.508 e. The molecule has 0 spiro atoms. The predicted octanol–water partition coefficient (Wildman–Crippen LogP) is 2.60. The number of rotatable bonds is 3. The van der Waals surface area contributed by atoms with Crippen molar-refractivity contribution in [3.05, 3.63) is 24.3 Å². The summed E-state index contributed by atoms with van der Waals surface area (Å²) in [5.41, 5.74) is 1.02. The second-order valence-electron chi connectivity index (χ2n) is 3.73. The molecule has 1 aromatic rings. The zero-order valence-electron chi connectivity index (χ0n) is 7.66. The number of phenols is 1. The van der Waals surface area contributed by atoms with Crippen molar-refractivity contribution in [2.75, 3.05) is 11.9 Å². The van der Waals surface area contributed by atoms with Crippen LogP contribution in [0.2, 0.25) is 0 Å². The van der Waals surface area contributed by atoms with Crippen LogP contribution in [0, 0.1) is 5.92 Å². The van der Waals surface area contributed by atoms with Gasteiger partial charge in [0.25, 0.3) is 0 Å². The first-order valence-electron chi connectivity index (χ1n) is 4.87. The van der Waals surface area contributed by atoms with Crippen molar-refractivity contribution in [2.45, 2.75) is 19.3 Å². The van der Waals surface area contributed by atoms with Gasteiger partial charge in [-0.2, -0.15) is 0 Å². The lowest BCUT2D eigenvalue weighted by molar-refractivity contribution is 0.333. The zero-order valence-corrected chi connectivity index (χ0v) is 7.66. The number of hydrogen-bond donors (Lipinski definition) is 2. The fraction of sp³-hybridized carbons (Fsp3) is 0.455. The van der Waals surface area contributed by atoms with Crippen molar-refractivity contribution in [3.63, 3.8) is 0 Å². The molecule has 0 amide bonds. The third kappa shape index (κ3) is 2.14. The van der Waals surface area contributed by atoms with Crippen LogP contribution in [0.25, 0.3) is 0 Å². The molecule has 1 aliphatic rings. The Hall–Kier alpha value is -1.18. The van der Waals surface area contributed by atoms with Gasteiger partial charge in [0, 0.05) is 18.3 Å². The molecule has 2 heteroatoms. The molecule has 0 aliphatic heterocycles. The molecule has 2 rings (SSSR count). The second kappa shape index (κ2) is 3.69. The Morgan fingerprint density at radius 3 is 2.85 bits per heavy atom. The van der Waals surface area contributed by atoms with Gasteiger partial charge in [0.1, 0.15) is 5.75 Å². The second-order valence-corrected chi connectivity index (χ2v) is 3.73. The Kier molecular flexibility index (Phi) is 2.39. The van der Waals surface area contributed by atoms with E-state index >= 15 is 0 Å². The van der Waals surface area contributed by atoms with Gasteiger partial charge in [-0.15, -0.1) is 0 Å². The van der Waals surface area contributed by atoms with Crippen LogP contribution in [0.15, 0.2) is 24.3 Å². The van der Waals surface area contributed by atoms with Crippen LogP contribution in [-0.2, 0) is 0 Å². The molecule has 2 nitrogen and oxygen atoms in total. The molecule has 0 bridgehead atoms. The van der Waals surface area contributed by atoms with Gasteiger partial charge in [0.15, 0.2) is 0 Å². The van der Waals surface area contributed by atoms with Crippen LogP contribution in [0.4, 0.5) is 5.69 Å². The summed E-state index contributed by atoms with van der Waals surface area (Å²) in [6.45, 7) is 1.05. The van der Waals surface area contributed by atoms with Crippen LogP contribution in [0.1, 0.15) is 19.3 Å². The molecule has 0 unspecified atom stereocenters. The van der Waals surface area contributed by atoms with Gasteiger partial charge >= 0.3 is 0 Å². The third-order valence-electron chi connectivity index (χ3n) is 2.67. The highest BCUT2D eigenvalue weighted by molar-refractivity contribution is 5.47. The number of hydrogen-bond acceptors (Lipinski definition) is 2. The minimum absolute atomic E-state index is 0.332. The molecule has 70 valence electrons. The Bertz CT molecular complexity index is 281. The fourth-order valence-electron chi connectivity index (χ4n) is 1.57. The van der Waals surface area contributed by atoms with Crippen molar-refractivity contribution in [3.8, 4) is 5.75 Å². The van der Waals surface area contributed by atoms with E-state index in [1.807, 2.05) is 12.1 Å². The molecule has 1 aromatic carbocycles.